The molecule has 0 saturated carbocycles. The number of hydrogen-bond donors (Lipinski definition) is 0. The Bertz CT molecular complexity index is 3400. The summed E-state index contributed by atoms with van der Waals surface area (Å²) < 4.78 is 0. The molecule has 0 saturated heterocycles. The van der Waals surface area contributed by atoms with Gasteiger partial charge in [0.2, 0.25) is 0 Å². The highest BCUT2D eigenvalue weighted by Gasteiger charge is 2.52. The molecule has 3 nitrogen and oxygen atoms in total. The van der Waals surface area contributed by atoms with Gasteiger partial charge in [-0.15, -0.1) is 0 Å². The van der Waals surface area contributed by atoms with Crippen LogP contribution in [-0.4, -0.2) is 15.0 Å². The van der Waals surface area contributed by atoms with E-state index in [9.17, 15) is 0 Å². The normalized spacial score (nSPS) is 13.2. The van der Waals surface area contributed by atoms with Crippen LogP contribution in [0.2, 0.25) is 0 Å². The van der Waals surface area contributed by atoms with Gasteiger partial charge in [0.15, 0.2) is 17.5 Å². The predicted octanol–water partition coefficient (Wildman–Crippen LogP) is 15.6. The van der Waals surface area contributed by atoms with Crippen molar-refractivity contribution < 1.29 is 0 Å². The van der Waals surface area contributed by atoms with Crippen molar-refractivity contribution in [1.29, 1.82) is 0 Å². The van der Waals surface area contributed by atoms with E-state index < -0.39 is 0 Å². The number of nitrogens with zero attached hydrogens (tertiary/aromatic N) is 3. The first kappa shape index (κ1) is 39.6. The molecule has 1 spiro atoms. The van der Waals surface area contributed by atoms with E-state index in [1.54, 1.807) is 0 Å². The lowest BCUT2D eigenvalue weighted by Gasteiger charge is -2.30. The van der Waals surface area contributed by atoms with Crippen molar-refractivity contribution in [1.82, 2.24) is 15.0 Å². The summed E-state index contributed by atoms with van der Waals surface area (Å²) in [5.41, 5.74) is 22.2. The summed E-state index contributed by atoms with van der Waals surface area (Å²) in [6, 6.07) is 79.1. The lowest BCUT2D eigenvalue weighted by atomic mass is 9.70. The van der Waals surface area contributed by atoms with Crippen LogP contribution in [0.3, 0.4) is 0 Å². The molecule has 1 heterocycles. The maximum atomic E-state index is 5.25. The van der Waals surface area contributed by atoms with E-state index in [0.717, 1.165) is 35.1 Å². The van der Waals surface area contributed by atoms with E-state index in [4.69, 9.17) is 15.0 Å². The highest BCUT2D eigenvalue weighted by molar-refractivity contribution is 5.97. The fraction of sp³-hybridized carbons (Fsp3) is 0.0952. The van der Waals surface area contributed by atoms with Crippen molar-refractivity contribution in [2.75, 3.05) is 0 Å². The second-order valence-corrected chi connectivity index (χ2v) is 17.7. The van der Waals surface area contributed by atoms with Crippen molar-refractivity contribution in [3.05, 3.63) is 257 Å². The standard InChI is InChI=1S/C63H47N3/c1-3-42(49-25-12-13-29-53(49)62-65-60(45-22-8-5-9-23-45)64-61(66-62)46-36-34-44(35-37-46)43-20-6-4-7-21-43)40-47-24-10-11-26-50(47)48-38-39-58-59(41(48)2)54-30-16-19-33-57(54)63(58)55-31-17-14-27-51(55)52-28-15-18-32-56(52)63/h4-39,42H,3,40H2,1-2H3. The van der Waals surface area contributed by atoms with Gasteiger partial charge >= 0.3 is 0 Å². The summed E-state index contributed by atoms with van der Waals surface area (Å²) in [6.45, 7) is 4.65. The first-order valence-corrected chi connectivity index (χ1v) is 23.2. The fourth-order valence-electron chi connectivity index (χ4n) is 11.2. The van der Waals surface area contributed by atoms with Crippen LogP contribution in [-0.2, 0) is 11.8 Å². The predicted molar refractivity (Wildman–Crippen MR) is 271 cm³/mol. The van der Waals surface area contributed by atoms with E-state index in [1.165, 1.54) is 77.9 Å². The Morgan fingerprint density at radius 3 is 1.45 bits per heavy atom. The van der Waals surface area contributed by atoms with E-state index >= 15 is 0 Å². The van der Waals surface area contributed by atoms with Crippen molar-refractivity contribution in [3.8, 4) is 78.7 Å². The van der Waals surface area contributed by atoms with Gasteiger partial charge in [-0.25, -0.2) is 15.0 Å². The number of aromatic nitrogens is 3. The molecule has 314 valence electrons. The zero-order valence-corrected chi connectivity index (χ0v) is 37.1. The van der Waals surface area contributed by atoms with Crippen LogP contribution in [0.25, 0.3) is 78.7 Å². The molecule has 1 atom stereocenters. The van der Waals surface area contributed by atoms with Gasteiger partial charge in [0, 0.05) is 16.7 Å². The molecule has 2 aliphatic carbocycles. The van der Waals surface area contributed by atoms with Crippen molar-refractivity contribution >= 4 is 0 Å². The molecule has 1 unspecified atom stereocenters. The van der Waals surface area contributed by atoms with Gasteiger partial charge in [0.1, 0.15) is 0 Å². The van der Waals surface area contributed by atoms with E-state index in [2.05, 4.69) is 208 Å². The third-order valence-electron chi connectivity index (χ3n) is 14.2. The van der Waals surface area contributed by atoms with Crippen LogP contribution < -0.4 is 0 Å². The number of hydrogen-bond acceptors (Lipinski definition) is 3. The topological polar surface area (TPSA) is 38.7 Å². The molecule has 66 heavy (non-hydrogen) atoms. The monoisotopic (exact) mass is 845 g/mol. The van der Waals surface area contributed by atoms with Crippen LogP contribution in [0.4, 0.5) is 0 Å². The third kappa shape index (κ3) is 6.30. The van der Waals surface area contributed by atoms with E-state index in [1.807, 2.05) is 24.3 Å². The lowest BCUT2D eigenvalue weighted by molar-refractivity contribution is 0.662. The first-order valence-electron chi connectivity index (χ1n) is 23.2. The molecule has 0 amide bonds. The average molecular weight is 846 g/mol. The molecule has 2 aliphatic rings. The molecule has 0 N–H and O–H groups in total. The Labute approximate surface area is 387 Å². The Hall–Kier alpha value is -8.01. The molecule has 10 aromatic rings. The number of benzene rings is 9. The van der Waals surface area contributed by atoms with Crippen molar-refractivity contribution in [3.63, 3.8) is 0 Å². The van der Waals surface area contributed by atoms with Crippen LogP contribution in [0.15, 0.2) is 218 Å². The molecule has 0 fully saturated rings. The Morgan fingerprint density at radius 2 is 0.818 bits per heavy atom. The van der Waals surface area contributed by atoms with Gasteiger partial charge < -0.3 is 0 Å². The molecular formula is C63H47N3. The molecule has 3 heteroatoms. The van der Waals surface area contributed by atoms with Crippen molar-refractivity contribution in [2.45, 2.75) is 38.0 Å². The highest BCUT2D eigenvalue weighted by Crippen LogP contribution is 2.63. The maximum absolute atomic E-state index is 5.25. The van der Waals surface area contributed by atoms with Crippen LogP contribution in [0.5, 0.6) is 0 Å². The third-order valence-corrected chi connectivity index (χ3v) is 14.2. The summed E-state index contributed by atoms with van der Waals surface area (Å²) in [5.74, 6) is 2.21. The lowest BCUT2D eigenvalue weighted by Crippen LogP contribution is -2.25. The molecule has 1 aromatic heterocycles. The van der Waals surface area contributed by atoms with Gasteiger partial charge in [0.05, 0.1) is 5.41 Å². The second-order valence-electron chi connectivity index (χ2n) is 17.7. The molecular weight excluding hydrogens is 799 g/mol. The number of fused-ring (bicyclic) bond motifs is 10. The second kappa shape index (κ2) is 16.2. The summed E-state index contributed by atoms with van der Waals surface area (Å²) in [6.07, 6.45) is 1.82. The zero-order chi connectivity index (χ0) is 44.2. The van der Waals surface area contributed by atoms with Gasteiger partial charge in [-0.1, -0.05) is 225 Å². The minimum atomic E-state index is -0.361. The van der Waals surface area contributed by atoms with Gasteiger partial charge in [-0.2, -0.15) is 0 Å². The summed E-state index contributed by atoms with van der Waals surface area (Å²) >= 11 is 0. The molecule has 12 rings (SSSR count). The van der Waals surface area contributed by atoms with Gasteiger partial charge in [-0.05, 0) is 109 Å². The average Bonchev–Trinajstić information content (AvgIpc) is 3.87. The summed E-state index contributed by atoms with van der Waals surface area (Å²) in [4.78, 5) is 15.5. The number of rotatable bonds is 9. The molecule has 9 aromatic carbocycles. The molecule has 0 radical (unpaired) electrons. The van der Waals surface area contributed by atoms with Gasteiger partial charge in [-0.3, -0.25) is 0 Å². The minimum Gasteiger partial charge on any atom is -0.208 e. The van der Waals surface area contributed by atoms with Gasteiger partial charge in [0.25, 0.3) is 0 Å². The Balaban J connectivity index is 0.945. The Morgan fingerprint density at radius 1 is 0.364 bits per heavy atom. The van der Waals surface area contributed by atoms with Crippen LogP contribution in [0.1, 0.15) is 58.2 Å². The Kier molecular flexibility index (Phi) is 9.72. The molecule has 0 aliphatic heterocycles. The minimum absolute atomic E-state index is 0.207. The zero-order valence-electron chi connectivity index (χ0n) is 37.1. The van der Waals surface area contributed by atoms with E-state index in [-0.39, 0.29) is 11.3 Å². The smallest absolute Gasteiger partial charge is 0.164 e. The maximum Gasteiger partial charge on any atom is 0.164 e. The van der Waals surface area contributed by atoms with Crippen molar-refractivity contribution in [2.24, 2.45) is 0 Å². The van der Waals surface area contributed by atoms with E-state index in [0.29, 0.717) is 17.5 Å². The first-order chi connectivity index (χ1) is 32.6. The summed E-state index contributed by atoms with van der Waals surface area (Å²) in [5, 5.41) is 0. The highest BCUT2D eigenvalue weighted by atomic mass is 15.0. The molecule has 0 bridgehead atoms. The van der Waals surface area contributed by atoms with Crippen LogP contribution >= 0.6 is 0 Å². The fourth-order valence-corrected chi connectivity index (χ4v) is 11.2. The van der Waals surface area contributed by atoms with Crippen LogP contribution in [0, 0.1) is 6.92 Å². The SMILES string of the molecule is CCC(Cc1ccccc1-c1ccc2c(c1C)-c1ccccc1C21c2ccccc2-c2ccccc21)c1ccccc1-c1nc(-c2ccccc2)nc(-c2ccc(-c3ccccc3)cc2)n1. The summed E-state index contributed by atoms with van der Waals surface area (Å²) in [7, 11) is 0. The quantitative estimate of drug-likeness (QED) is 0.145. The largest absolute Gasteiger partial charge is 0.208 e.